The molecule has 1 aromatic carbocycles. The summed E-state index contributed by atoms with van der Waals surface area (Å²) in [5.74, 6) is -0.163. The topological polar surface area (TPSA) is 83.0 Å². The van der Waals surface area contributed by atoms with Gasteiger partial charge >= 0.3 is 0 Å². The van der Waals surface area contributed by atoms with E-state index in [-0.39, 0.29) is 17.9 Å². The fourth-order valence-electron chi connectivity index (χ4n) is 3.53. The van der Waals surface area contributed by atoms with Crippen molar-refractivity contribution in [3.8, 4) is 0 Å². The number of rotatable bonds is 3. The van der Waals surface area contributed by atoms with Crippen molar-refractivity contribution in [2.45, 2.75) is 31.5 Å². The Kier molecular flexibility index (Phi) is 3.34. The van der Waals surface area contributed by atoms with E-state index >= 15 is 0 Å². The number of aromatic nitrogens is 3. The number of benzene rings is 1. The van der Waals surface area contributed by atoms with E-state index in [0.29, 0.717) is 18.8 Å². The second kappa shape index (κ2) is 5.72. The molecule has 132 valence electrons. The van der Waals surface area contributed by atoms with E-state index in [1.807, 2.05) is 36.4 Å². The Balaban J connectivity index is 1.43. The van der Waals surface area contributed by atoms with E-state index in [9.17, 15) is 9.59 Å². The van der Waals surface area contributed by atoms with Crippen LogP contribution in [0.3, 0.4) is 0 Å². The molecule has 2 aliphatic rings. The van der Waals surface area contributed by atoms with Gasteiger partial charge in [-0.2, -0.15) is 5.10 Å². The third-order valence-corrected chi connectivity index (χ3v) is 5.07. The zero-order valence-electron chi connectivity index (χ0n) is 14.2. The summed E-state index contributed by atoms with van der Waals surface area (Å²) in [7, 11) is 0. The number of carbonyl (C=O) groups excluding carboxylic acids is 2. The van der Waals surface area contributed by atoms with Gasteiger partial charge in [0.15, 0.2) is 0 Å². The molecular weight excluding hydrogens is 330 g/mol. The minimum atomic E-state index is -0.484. The predicted octanol–water partition coefficient (Wildman–Crippen LogP) is 1.84. The van der Waals surface area contributed by atoms with Gasteiger partial charge < -0.3 is 15.2 Å². The molecule has 5 rings (SSSR count). The Morgan fingerprint density at radius 1 is 1.19 bits per heavy atom. The van der Waals surface area contributed by atoms with Gasteiger partial charge in [-0.3, -0.25) is 14.3 Å². The Morgan fingerprint density at radius 2 is 2.04 bits per heavy atom. The molecule has 0 radical (unpaired) electrons. The summed E-state index contributed by atoms with van der Waals surface area (Å²) < 4.78 is 1.74. The van der Waals surface area contributed by atoms with Crippen molar-refractivity contribution in [2.24, 2.45) is 0 Å². The number of H-pyrrole nitrogens is 1. The summed E-state index contributed by atoms with van der Waals surface area (Å²) in [4.78, 5) is 30.6. The third kappa shape index (κ3) is 2.56. The summed E-state index contributed by atoms with van der Waals surface area (Å²) in [6, 6.07) is 11.3. The molecule has 7 heteroatoms. The maximum Gasteiger partial charge on any atom is 0.270 e. The van der Waals surface area contributed by atoms with Crippen LogP contribution in [0.25, 0.3) is 10.9 Å². The van der Waals surface area contributed by atoms with Crippen LogP contribution < -0.4 is 5.32 Å². The number of hydrogen-bond donors (Lipinski definition) is 2. The average molecular weight is 349 g/mol. The number of hydrogen-bond acceptors (Lipinski definition) is 3. The van der Waals surface area contributed by atoms with Gasteiger partial charge in [0, 0.05) is 23.1 Å². The Labute approximate surface area is 150 Å². The fraction of sp³-hybridized carbons (Fsp3) is 0.316. The number of amides is 2. The van der Waals surface area contributed by atoms with Crippen LogP contribution in [0.5, 0.6) is 0 Å². The van der Waals surface area contributed by atoms with Gasteiger partial charge in [0.25, 0.3) is 5.91 Å². The van der Waals surface area contributed by atoms with Crippen LogP contribution in [-0.2, 0) is 11.3 Å². The molecule has 0 spiro atoms. The molecule has 2 N–H and O–H groups in total. The highest BCUT2D eigenvalue weighted by Gasteiger charge is 2.36. The predicted molar refractivity (Wildman–Crippen MR) is 95.5 cm³/mol. The van der Waals surface area contributed by atoms with Gasteiger partial charge in [-0.25, -0.2) is 0 Å². The molecule has 26 heavy (non-hydrogen) atoms. The number of carbonyl (C=O) groups is 2. The number of para-hydroxylation sites is 1. The molecule has 3 heterocycles. The molecule has 1 atom stereocenters. The molecular formula is C19H19N5O2. The summed E-state index contributed by atoms with van der Waals surface area (Å²) in [6.07, 6.45) is 3.74. The summed E-state index contributed by atoms with van der Waals surface area (Å²) >= 11 is 0. The first-order chi connectivity index (χ1) is 12.7. The second-order valence-corrected chi connectivity index (χ2v) is 7.02. The van der Waals surface area contributed by atoms with Crippen molar-refractivity contribution in [1.82, 2.24) is 25.0 Å². The van der Waals surface area contributed by atoms with Crippen LogP contribution in [0.4, 0.5) is 0 Å². The van der Waals surface area contributed by atoms with Crippen molar-refractivity contribution >= 4 is 22.7 Å². The zero-order valence-corrected chi connectivity index (χ0v) is 14.2. The van der Waals surface area contributed by atoms with Gasteiger partial charge in [0.1, 0.15) is 11.7 Å². The SMILES string of the molecule is O=C(NC1CC1)C1CN(C(=O)c2cc3ccccc3[nH]2)Cc2ccnn21. The maximum absolute atomic E-state index is 13.0. The minimum absolute atomic E-state index is 0.0633. The van der Waals surface area contributed by atoms with Crippen LogP contribution in [0.2, 0.25) is 0 Å². The van der Waals surface area contributed by atoms with Crippen molar-refractivity contribution in [3.63, 3.8) is 0 Å². The molecule has 0 bridgehead atoms. The van der Waals surface area contributed by atoms with Gasteiger partial charge in [-0.15, -0.1) is 0 Å². The lowest BCUT2D eigenvalue weighted by Gasteiger charge is -2.33. The summed E-state index contributed by atoms with van der Waals surface area (Å²) in [5, 5.41) is 8.33. The number of aromatic amines is 1. The quantitative estimate of drug-likeness (QED) is 0.757. The van der Waals surface area contributed by atoms with Crippen LogP contribution in [0, 0.1) is 0 Å². The Morgan fingerprint density at radius 3 is 2.85 bits per heavy atom. The van der Waals surface area contributed by atoms with E-state index in [4.69, 9.17) is 0 Å². The Bertz CT molecular complexity index is 967. The Hall–Kier alpha value is -3.09. The van der Waals surface area contributed by atoms with Crippen molar-refractivity contribution in [2.75, 3.05) is 6.54 Å². The molecule has 0 saturated heterocycles. The second-order valence-electron chi connectivity index (χ2n) is 7.02. The van der Waals surface area contributed by atoms with E-state index in [0.717, 1.165) is 29.4 Å². The average Bonchev–Trinajstić information content (AvgIpc) is 3.18. The first-order valence-corrected chi connectivity index (χ1v) is 8.89. The zero-order chi connectivity index (χ0) is 17.7. The molecule has 1 aliphatic carbocycles. The van der Waals surface area contributed by atoms with Gasteiger partial charge in [-0.05, 0) is 31.0 Å². The third-order valence-electron chi connectivity index (χ3n) is 5.07. The normalized spacial score (nSPS) is 19.4. The molecule has 1 unspecified atom stereocenters. The summed E-state index contributed by atoms with van der Waals surface area (Å²) in [6.45, 7) is 0.767. The van der Waals surface area contributed by atoms with Crippen LogP contribution in [0.15, 0.2) is 42.6 Å². The molecule has 1 aliphatic heterocycles. The standard InChI is InChI=1S/C19H19N5O2/c25-18(21-13-5-6-13)17-11-23(10-14-7-8-20-24(14)17)19(26)16-9-12-3-1-2-4-15(12)22-16/h1-4,7-9,13,17,22H,5-6,10-11H2,(H,21,25). The maximum atomic E-state index is 13.0. The molecule has 7 nitrogen and oxygen atoms in total. The van der Waals surface area contributed by atoms with Gasteiger partial charge in [0.05, 0.1) is 18.8 Å². The van der Waals surface area contributed by atoms with E-state index in [1.54, 1.807) is 15.8 Å². The van der Waals surface area contributed by atoms with Crippen molar-refractivity contribution < 1.29 is 9.59 Å². The van der Waals surface area contributed by atoms with Crippen molar-refractivity contribution in [3.05, 3.63) is 54.0 Å². The van der Waals surface area contributed by atoms with Crippen LogP contribution in [-0.4, -0.2) is 44.1 Å². The van der Waals surface area contributed by atoms with Gasteiger partial charge in [0.2, 0.25) is 5.91 Å². The van der Waals surface area contributed by atoms with Crippen molar-refractivity contribution in [1.29, 1.82) is 0 Å². The number of nitrogens with zero attached hydrogens (tertiary/aromatic N) is 3. The van der Waals surface area contributed by atoms with Crippen LogP contribution >= 0.6 is 0 Å². The smallest absolute Gasteiger partial charge is 0.270 e. The molecule has 2 amide bonds. The number of fused-ring (bicyclic) bond motifs is 2. The highest BCUT2D eigenvalue weighted by molar-refractivity contribution is 5.98. The van der Waals surface area contributed by atoms with E-state index < -0.39 is 6.04 Å². The number of nitrogens with one attached hydrogen (secondary N) is 2. The molecule has 1 fully saturated rings. The molecule has 1 saturated carbocycles. The first-order valence-electron chi connectivity index (χ1n) is 8.89. The summed E-state index contributed by atoms with van der Waals surface area (Å²) in [5.41, 5.74) is 2.35. The van der Waals surface area contributed by atoms with Crippen LogP contribution in [0.1, 0.15) is 35.1 Å². The highest BCUT2D eigenvalue weighted by atomic mass is 16.2. The first kappa shape index (κ1) is 15.2. The lowest BCUT2D eigenvalue weighted by Crippen LogP contribution is -2.47. The van der Waals surface area contributed by atoms with E-state index in [1.165, 1.54) is 0 Å². The fourth-order valence-corrected chi connectivity index (χ4v) is 3.53. The largest absolute Gasteiger partial charge is 0.351 e. The van der Waals surface area contributed by atoms with E-state index in [2.05, 4.69) is 15.4 Å². The lowest BCUT2D eigenvalue weighted by atomic mass is 10.1. The lowest BCUT2D eigenvalue weighted by molar-refractivity contribution is -0.125. The molecule has 2 aromatic heterocycles. The molecule has 3 aromatic rings. The monoisotopic (exact) mass is 349 g/mol. The highest BCUT2D eigenvalue weighted by Crippen LogP contribution is 2.25. The minimum Gasteiger partial charge on any atom is -0.351 e. The van der Waals surface area contributed by atoms with Gasteiger partial charge in [-0.1, -0.05) is 18.2 Å².